The molecule has 2 aromatic heterocycles. The van der Waals surface area contributed by atoms with Crippen molar-refractivity contribution < 1.29 is 18.9 Å². The van der Waals surface area contributed by atoms with Gasteiger partial charge in [0.25, 0.3) is 0 Å². The summed E-state index contributed by atoms with van der Waals surface area (Å²) in [5, 5.41) is 5.41. The van der Waals surface area contributed by atoms with Gasteiger partial charge in [-0.1, -0.05) is 40.0 Å². The monoisotopic (exact) mass is 449 g/mol. The van der Waals surface area contributed by atoms with Crippen LogP contribution in [0.2, 0.25) is 0 Å². The summed E-state index contributed by atoms with van der Waals surface area (Å²) in [7, 11) is 0. The Morgan fingerprint density at radius 1 is 0.867 bits per heavy atom. The third-order valence-electron chi connectivity index (χ3n) is 5.80. The van der Waals surface area contributed by atoms with Crippen molar-refractivity contribution in [1.82, 2.24) is 0 Å². The summed E-state index contributed by atoms with van der Waals surface area (Å²) in [5.41, 5.74) is 0. The van der Waals surface area contributed by atoms with E-state index < -0.39 is 0 Å². The lowest BCUT2D eigenvalue weighted by Crippen LogP contribution is -2.39. The summed E-state index contributed by atoms with van der Waals surface area (Å²) in [6, 6.07) is 0. The van der Waals surface area contributed by atoms with E-state index in [0.717, 1.165) is 71.3 Å². The third-order valence-corrected chi connectivity index (χ3v) is 7.77. The summed E-state index contributed by atoms with van der Waals surface area (Å²) in [6.07, 6.45) is 10.4. The molecule has 4 rings (SSSR count). The minimum absolute atomic E-state index is 0.107. The van der Waals surface area contributed by atoms with E-state index in [2.05, 4.69) is 31.5 Å². The quantitative estimate of drug-likeness (QED) is 0.376. The van der Waals surface area contributed by atoms with Crippen LogP contribution in [0, 0.1) is 5.38 Å². The minimum atomic E-state index is 0.107. The Labute approximate surface area is 188 Å². The van der Waals surface area contributed by atoms with Gasteiger partial charge in [0.05, 0.1) is 15.1 Å². The fourth-order valence-electron chi connectivity index (χ4n) is 4.04. The second-order valence-electron chi connectivity index (χ2n) is 8.24. The zero-order chi connectivity index (χ0) is 20.9. The molecule has 0 bridgehead atoms. The van der Waals surface area contributed by atoms with Crippen LogP contribution in [-0.4, -0.2) is 24.9 Å². The van der Waals surface area contributed by atoms with E-state index in [-0.39, 0.29) is 18.3 Å². The lowest BCUT2D eigenvalue weighted by Gasteiger charge is -2.33. The third kappa shape index (κ3) is 4.59. The average Bonchev–Trinajstić information content (AvgIpc) is 3.37. The van der Waals surface area contributed by atoms with Crippen LogP contribution in [0.3, 0.4) is 0 Å². The maximum Gasteiger partial charge on any atom is 0.182 e. The van der Waals surface area contributed by atoms with Gasteiger partial charge >= 0.3 is 0 Å². The normalized spacial score (nSPS) is 22.3. The van der Waals surface area contributed by atoms with Crippen molar-refractivity contribution in [2.45, 2.75) is 96.9 Å². The van der Waals surface area contributed by atoms with Gasteiger partial charge in [0.2, 0.25) is 0 Å². The Hall–Kier alpha value is -1.40. The Bertz CT molecular complexity index is 812. The topological polar surface area (TPSA) is 36.9 Å². The highest BCUT2D eigenvalue weighted by atomic mass is 32.1. The molecule has 0 saturated carbocycles. The van der Waals surface area contributed by atoms with Crippen LogP contribution in [0.15, 0.2) is 5.38 Å². The molecule has 0 aromatic carbocycles. The maximum atomic E-state index is 6.59. The highest BCUT2D eigenvalue weighted by Gasteiger charge is 2.36. The SMILES string of the molecule is CCCCC1COc2csc(-c3s[c]c4c3OC(CCCC)C(CCCC)O4)c2O1. The lowest BCUT2D eigenvalue weighted by atomic mass is 10.0. The number of fused-ring (bicyclic) bond motifs is 2. The molecule has 0 N–H and O–H groups in total. The molecule has 0 amide bonds. The van der Waals surface area contributed by atoms with Gasteiger partial charge in [0, 0.05) is 5.38 Å². The lowest BCUT2D eigenvalue weighted by molar-refractivity contribution is 0.0106. The van der Waals surface area contributed by atoms with Gasteiger partial charge in [0.15, 0.2) is 23.0 Å². The van der Waals surface area contributed by atoms with Crippen molar-refractivity contribution in [3.8, 4) is 32.8 Å². The standard InChI is InChI=1S/C24H33O4S2/c1-4-7-10-16-13-25-19-14-29-23(21(19)26-16)24-22-20(15-30-24)27-17(11-8-5-2)18(28-22)12-9-6-3/h14,16-18H,4-13H2,1-3H3. The first-order valence-corrected chi connectivity index (χ1v) is 13.2. The Morgan fingerprint density at radius 2 is 1.57 bits per heavy atom. The van der Waals surface area contributed by atoms with Crippen molar-refractivity contribution in [2.75, 3.05) is 6.61 Å². The predicted octanol–water partition coefficient (Wildman–Crippen LogP) is 7.50. The van der Waals surface area contributed by atoms with Crippen molar-refractivity contribution in [2.24, 2.45) is 0 Å². The second-order valence-corrected chi connectivity index (χ2v) is 9.94. The number of ether oxygens (including phenoxy) is 4. The summed E-state index contributed by atoms with van der Waals surface area (Å²) >= 11 is 3.23. The van der Waals surface area contributed by atoms with Crippen molar-refractivity contribution >= 4 is 22.7 Å². The number of hydrogen-bond acceptors (Lipinski definition) is 6. The van der Waals surface area contributed by atoms with Crippen LogP contribution in [0.1, 0.15) is 78.6 Å². The molecule has 6 heteroatoms. The number of thiophene rings is 2. The fraction of sp³-hybridized carbons (Fsp3) is 0.667. The highest BCUT2D eigenvalue weighted by Crippen LogP contribution is 2.55. The predicted molar refractivity (Wildman–Crippen MR) is 124 cm³/mol. The molecule has 0 fully saturated rings. The van der Waals surface area contributed by atoms with E-state index in [1.165, 1.54) is 19.3 Å². The van der Waals surface area contributed by atoms with Crippen LogP contribution in [-0.2, 0) is 0 Å². The molecule has 165 valence electrons. The zero-order valence-electron chi connectivity index (χ0n) is 18.3. The fourth-order valence-corrected chi connectivity index (χ4v) is 5.92. The van der Waals surface area contributed by atoms with Crippen LogP contribution in [0.25, 0.3) is 9.75 Å². The van der Waals surface area contributed by atoms with Crippen LogP contribution < -0.4 is 18.9 Å². The molecule has 4 heterocycles. The van der Waals surface area contributed by atoms with Gasteiger partial charge < -0.3 is 18.9 Å². The number of unbranched alkanes of at least 4 members (excludes halogenated alkanes) is 3. The summed E-state index contributed by atoms with van der Waals surface area (Å²) in [5.74, 6) is 3.33. The van der Waals surface area contributed by atoms with Gasteiger partial charge in [-0.05, 0) is 38.5 Å². The van der Waals surface area contributed by atoms with E-state index >= 15 is 0 Å². The first-order chi connectivity index (χ1) is 14.7. The second kappa shape index (κ2) is 10.3. The molecule has 2 aromatic rings. The number of rotatable bonds is 10. The van der Waals surface area contributed by atoms with E-state index in [9.17, 15) is 0 Å². The Morgan fingerprint density at radius 3 is 2.30 bits per heavy atom. The van der Waals surface area contributed by atoms with Crippen molar-refractivity contribution in [3.63, 3.8) is 0 Å². The van der Waals surface area contributed by atoms with E-state index in [0.29, 0.717) is 6.61 Å². The Kier molecular flexibility index (Phi) is 7.47. The zero-order valence-corrected chi connectivity index (χ0v) is 20.0. The van der Waals surface area contributed by atoms with E-state index in [1.54, 1.807) is 22.7 Å². The first kappa shape index (κ1) is 21.8. The van der Waals surface area contributed by atoms with Gasteiger partial charge in [-0.2, -0.15) is 0 Å². The number of hydrogen-bond donors (Lipinski definition) is 0. The van der Waals surface area contributed by atoms with Crippen LogP contribution in [0.5, 0.6) is 23.0 Å². The summed E-state index contributed by atoms with van der Waals surface area (Å²) in [6.45, 7) is 7.29. The molecule has 0 spiro atoms. The molecular weight excluding hydrogens is 416 g/mol. The summed E-state index contributed by atoms with van der Waals surface area (Å²) in [4.78, 5) is 2.14. The van der Waals surface area contributed by atoms with Crippen molar-refractivity contribution in [1.29, 1.82) is 0 Å². The molecular formula is C24H33O4S2. The molecule has 2 aliphatic rings. The molecule has 2 aliphatic heterocycles. The van der Waals surface area contributed by atoms with Gasteiger partial charge in [-0.3, -0.25) is 0 Å². The molecule has 30 heavy (non-hydrogen) atoms. The van der Waals surface area contributed by atoms with Gasteiger partial charge in [-0.15, -0.1) is 22.7 Å². The van der Waals surface area contributed by atoms with Gasteiger partial charge in [0.1, 0.15) is 24.9 Å². The molecule has 1 radical (unpaired) electrons. The van der Waals surface area contributed by atoms with Crippen LogP contribution in [0.4, 0.5) is 0 Å². The molecule has 0 aliphatic carbocycles. The van der Waals surface area contributed by atoms with Gasteiger partial charge in [-0.25, -0.2) is 0 Å². The van der Waals surface area contributed by atoms with Crippen LogP contribution >= 0.6 is 22.7 Å². The molecule has 0 saturated heterocycles. The maximum absolute atomic E-state index is 6.59. The molecule has 3 atom stereocenters. The first-order valence-electron chi connectivity index (χ1n) is 11.5. The minimum Gasteiger partial charge on any atom is -0.485 e. The molecule has 4 nitrogen and oxygen atoms in total. The smallest absolute Gasteiger partial charge is 0.182 e. The highest BCUT2D eigenvalue weighted by molar-refractivity contribution is 7.21. The van der Waals surface area contributed by atoms with E-state index in [4.69, 9.17) is 18.9 Å². The molecule has 3 unspecified atom stereocenters. The van der Waals surface area contributed by atoms with Crippen molar-refractivity contribution in [3.05, 3.63) is 10.8 Å². The summed E-state index contributed by atoms with van der Waals surface area (Å²) < 4.78 is 25.4. The average molecular weight is 450 g/mol. The largest absolute Gasteiger partial charge is 0.485 e. The van der Waals surface area contributed by atoms with E-state index in [1.807, 2.05) is 0 Å². The Balaban J connectivity index is 1.57.